The second kappa shape index (κ2) is 11.7. The summed E-state index contributed by atoms with van der Waals surface area (Å²) in [5, 5.41) is 5.78. The van der Waals surface area contributed by atoms with Gasteiger partial charge in [0.1, 0.15) is 5.75 Å². The van der Waals surface area contributed by atoms with Gasteiger partial charge >= 0.3 is 0 Å². The molecule has 0 aliphatic heterocycles. The third-order valence-electron chi connectivity index (χ3n) is 4.22. The van der Waals surface area contributed by atoms with Crippen molar-refractivity contribution in [3.63, 3.8) is 0 Å². The van der Waals surface area contributed by atoms with E-state index in [1.54, 1.807) is 36.4 Å². The van der Waals surface area contributed by atoms with Gasteiger partial charge in [-0.25, -0.2) is 0 Å². The number of hydrogen-bond acceptors (Lipinski definition) is 4. The molecule has 0 spiro atoms. The van der Waals surface area contributed by atoms with Crippen LogP contribution in [0.2, 0.25) is 0 Å². The Kier molecular flexibility index (Phi) is 9.28. The number of anilines is 1. The standard InChI is InChI=1S/C22H25BrN2O3S/c1-3-4-5-6-13-28-20-12-9-17(23)14-19(20)21(27)25-22(29)24-18-10-7-16(8-11-18)15(2)26/h7-12,14H,3-6,13H2,1-2H3,(H2,24,25,27,29). The van der Waals surface area contributed by atoms with Crippen molar-refractivity contribution >= 4 is 50.6 Å². The smallest absolute Gasteiger partial charge is 0.261 e. The van der Waals surface area contributed by atoms with Crippen LogP contribution < -0.4 is 15.4 Å². The number of rotatable bonds is 9. The number of carbonyl (C=O) groups excluding carboxylic acids is 2. The topological polar surface area (TPSA) is 67.4 Å². The van der Waals surface area contributed by atoms with Crippen molar-refractivity contribution in [2.24, 2.45) is 0 Å². The van der Waals surface area contributed by atoms with Gasteiger partial charge < -0.3 is 10.1 Å². The van der Waals surface area contributed by atoms with Crippen molar-refractivity contribution in [2.75, 3.05) is 11.9 Å². The Morgan fingerprint density at radius 3 is 2.45 bits per heavy atom. The molecule has 0 aliphatic carbocycles. The van der Waals surface area contributed by atoms with Crippen molar-refractivity contribution < 1.29 is 14.3 Å². The lowest BCUT2D eigenvalue weighted by Gasteiger charge is -2.14. The molecule has 7 heteroatoms. The summed E-state index contributed by atoms with van der Waals surface area (Å²) >= 11 is 8.64. The van der Waals surface area contributed by atoms with Crippen molar-refractivity contribution in [1.82, 2.24) is 5.32 Å². The van der Waals surface area contributed by atoms with E-state index >= 15 is 0 Å². The molecule has 0 unspecified atom stereocenters. The van der Waals surface area contributed by atoms with Gasteiger partial charge in [-0.1, -0.05) is 42.1 Å². The molecule has 0 fully saturated rings. The Bertz CT molecular complexity index is 869. The number of amides is 1. The number of halogens is 1. The Labute approximate surface area is 185 Å². The predicted molar refractivity (Wildman–Crippen MR) is 124 cm³/mol. The van der Waals surface area contributed by atoms with Crippen molar-refractivity contribution in [2.45, 2.75) is 39.5 Å². The lowest BCUT2D eigenvalue weighted by molar-refractivity contribution is 0.0972. The Morgan fingerprint density at radius 1 is 1.07 bits per heavy atom. The maximum atomic E-state index is 12.7. The Morgan fingerprint density at radius 2 is 1.79 bits per heavy atom. The Balaban J connectivity index is 1.98. The van der Waals surface area contributed by atoms with Gasteiger partial charge in [-0.3, -0.25) is 14.9 Å². The first kappa shape index (κ1) is 23.0. The van der Waals surface area contributed by atoms with Crippen LogP contribution in [0.1, 0.15) is 60.2 Å². The fourth-order valence-corrected chi connectivity index (χ4v) is 3.21. The molecule has 0 aromatic heterocycles. The number of nitrogens with one attached hydrogen (secondary N) is 2. The predicted octanol–water partition coefficient (Wildman–Crippen LogP) is 5.74. The number of benzene rings is 2. The molecule has 154 valence electrons. The number of Topliss-reactive ketones (excluding diaryl/α,β-unsaturated/α-hetero) is 1. The zero-order valence-electron chi connectivity index (χ0n) is 16.6. The van der Waals surface area contributed by atoms with Gasteiger partial charge in [-0.15, -0.1) is 0 Å². The lowest BCUT2D eigenvalue weighted by atomic mass is 10.1. The first-order valence-electron chi connectivity index (χ1n) is 9.56. The highest BCUT2D eigenvalue weighted by molar-refractivity contribution is 9.10. The van der Waals surface area contributed by atoms with Crippen molar-refractivity contribution in [3.05, 3.63) is 58.1 Å². The molecule has 0 atom stereocenters. The summed E-state index contributed by atoms with van der Waals surface area (Å²) in [6.07, 6.45) is 4.38. The monoisotopic (exact) mass is 476 g/mol. The van der Waals surface area contributed by atoms with Crippen LogP contribution in [-0.4, -0.2) is 23.4 Å². The van der Waals surface area contributed by atoms with Crippen LogP contribution in [0.3, 0.4) is 0 Å². The van der Waals surface area contributed by atoms with Crippen LogP contribution in [0.5, 0.6) is 5.75 Å². The van der Waals surface area contributed by atoms with Gasteiger partial charge in [0.25, 0.3) is 5.91 Å². The average Bonchev–Trinajstić information content (AvgIpc) is 2.69. The van der Waals surface area contributed by atoms with E-state index in [0.29, 0.717) is 29.2 Å². The summed E-state index contributed by atoms with van der Waals surface area (Å²) in [5.41, 5.74) is 1.70. The molecule has 0 aliphatic rings. The fraction of sp³-hybridized carbons (Fsp3) is 0.318. The first-order chi connectivity index (χ1) is 13.9. The highest BCUT2D eigenvalue weighted by atomic mass is 79.9. The maximum absolute atomic E-state index is 12.7. The van der Waals surface area contributed by atoms with Crippen LogP contribution in [-0.2, 0) is 0 Å². The average molecular weight is 477 g/mol. The normalized spacial score (nSPS) is 10.3. The van der Waals surface area contributed by atoms with Crippen LogP contribution in [0.15, 0.2) is 46.9 Å². The zero-order valence-corrected chi connectivity index (χ0v) is 19.0. The lowest BCUT2D eigenvalue weighted by Crippen LogP contribution is -2.34. The molecule has 2 aromatic carbocycles. The third kappa shape index (κ3) is 7.59. The van der Waals surface area contributed by atoms with Crippen molar-refractivity contribution in [1.29, 1.82) is 0 Å². The number of ketones is 1. The molecule has 1 amide bonds. The number of thiocarbonyl (C=S) groups is 1. The van der Waals surface area contributed by atoms with Gasteiger partial charge in [-0.2, -0.15) is 0 Å². The van der Waals surface area contributed by atoms with E-state index < -0.39 is 0 Å². The quantitative estimate of drug-likeness (QED) is 0.274. The van der Waals surface area contributed by atoms with E-state index in [2.05, 4.69) is 33.5 Å². The van der Waals surface area contributed by atoms with E-state index in [4.69, 9.17) is 17.0 Å². The molecule has 2 N–H and O–H groups in total. The second-order valence-electron chi connectivity index (χ2n) is 6.59. The second-order valence-corrected chi connectivity index (χ2v) is 7.92. The summed E-state index contributed by atoms with van der Waals surface area (Å²) in [4.78, 5) is 24.1. The van der Waals surface area contributed by atoms with Gasteiger partial charge in [0.05, 0.1) is 12.2 Å². The van der Waals surface area contributed by atoms with E-state index in [9.17, 15) is 9.59 Å². The largest absolute Gasteiger partial charge is 0.493 e. The molecule has 29 heavy (non-hydrogen) atoms. The highest BCUT2D eigenvalue weighted by Crippen LogP contribution is 2.24. The minimum absolute atomic E-state index is 0.00990. The summed E-state index contributed by atoms with van der Waals surface area (Å²) < 4.78 is 6.60. The van der Waals surface area contributed by atoms with Crippen LogP contribution >= 0.6 is 28.1 Å². The summed E-state index contributed by atoms with van der Waals surface area (Å²) in [6, 6.07) is 12.2. The van der Waals surface area contributed by atoms with Gasteiger partial charge in [0.2, 0.25) is 0 Å². The molecule has 0 heterocycles. The van der Waals surface area contributed by atoms with Gasteiger partial charge in [0, 0.05) is 15.7 Å². The molecular weight excluding hydrogens is 452 g/mol. The van der Waals surface area contributed by atoms with Crippen LogP contribution in [0.4, 0.5) is 5.69 Å². The zero-order chi connectivity index (χ0) is 21.2. The number of carbonyl (C=O) groups is 2. The van der Waals surface area contributed by atoms with E-state index in [0.717, 1.165) is 23.7 Å². The third-order valence-corrected chi connectivity index (χ3v) is 4.92. The minimum Gasteiger partial charge on any atom is -0.493 e. The van der Waals surface area contributed by atoms with E-state index in [-0.39, 0.29) is 16.8 Å². The van der Waals surface area contributed by atoms with Gasteiger partial charge in [0.15, 0.2) is 10.9 Å². The van der Waals surface area contributed by atoms with Gasteiger partial charge in [-0.05, 0) is 68.0 Å². The minimum atomic E-state index is -0.354. The summed E-state index contributed by atoms with van der Waals surface area (Å²) in [5.74, 6) is 0.160. The SMILES string of the molecule is CCCCCCOc1ccc(Br)cc1C(=O)NC(=S)Nc1ccc(C(C)=O)cc1. The van der Waals surface area contributed by atoms with E-state index in [1.807, 2.05) is 6.07 Å². The molecule has 2 rings (SSSR count). The van der Waals surface area contributed by atoms with Crippen LogP contribution in [0.25, 0.3) is 0 Å². The number of unbranched alkanes of at least 4 members (excludes halogenated alkanes) is 3. The molecule has 0 saturated heterocycles. The number of ether oxygens (including phenoxy) is 1. The number of hydrogen-bond donors (Lipinski definition) is 2. The molecule has 2 aromatic rings. The van der Waals surface area contributed by atoms with E-state index in [1.165, 1.54) is 13.3 Å². The first-order valence-corrected chi connectivity index (χ1v) is 10.8. The molecular formula is C22H25BrN2O3S. The molecule has 0 radical (unpaired) electrons. The Hall–Kier alpha value is -2.25. The van der Waals surface area contributed by atoms with Crippen molar-refractivity contribution in [3.8, 4) is 5.75 Å². The molecule has 5 nitrogen and oxygen atoms in total. The summed E-state index contributed by atoms with van der Waals surface area (Å²) in [7, 11) is 0. The highest BCUT2D eigenvalue weighted by Gasteiger charge is 2.15. The fourth-order valence-electron chi connectivity index (χ4n) is 2.64. The van der Waals surface area contributed by atoms with Crippen LogP contribution in [0, 0.1) is 0 Å². The molecule has 0 bridgehead atoms. The maximum Gasteiger partial charge on any atom is 0.261 e. The summed E-state index contributed by atoms with van der Waals surface area (Å²) in [6.45, 7) is 4.23. The molecule has 0 saturated carbocycles.